The molecule has 0 saturated heterocycles. The number of rotatable bonds is 1. The number of aromatic nitrogens is 1. The number of nitrogens with zero attached hydrogens (tertiary/aromatic N) is 2. The highest BCUT2D eigenvalue weighted by atomic mass is 32.1. The van der Waals surface area contributed by atoms with Gasteiger partial charge in [0.15, 0.2) is 5.11 Å². The second-order valence-electron chi connectivity index (χ2n) is 4.93. The van der Waals surface area contributed by atoms with Crippen molar-refractivity contribution >= 4 is 23.0 Å². The van der Waals surface area contributed by atoms with Gasteiger partial charge in [0.05, 0.1) is 6.04 Å². The second-order valence-corrected chi connectivity index (χ2v) is 5.32. The molecule has 2 heterocycles. The molecule has 0 aliphatic carbocycles. The second kappa shape index (κ2) is 5.25. The van der Waals surface area contributed by atoms with Gasteiger partial charge in [-0.1, -0.05) is 0 Å². The average molecular weight is 289 g/mol. The molecule has 3 rings (SSSR count). The van der Waals surface area contributed by atoms with Crippen molar-refractivity contribution in [3.63, 3.8) is 0 Å². The summed E-state index contributed by atoms with van der Waals surface area (Å²) in [5.74, 6) is -0.245. The van der Waals surface area contributed by atoms with Crippen LogP contribution >= 0.6 is 12.2 Å². The van der Waals surface area contributed by atoms with Crippen LogP contribution in [0.4, 0.5) is 10.1 Å². The van der Waals surface area contributed by atoms with E-state index in [4.69, 9.17) is 12.2 Å². The lowest BCUT2D eigenvalue weighted by Crippen LogP contribution is -2.42. The molecule has 0 fully saturated rings. The zero-order chi connectivity index (χ0) is 14.1. The van der Waals surface area contributed by atoms with Crippen molar-refractivity contribution in [1.82, 2.24) is 9.47 Å². The maximum absolute atomic E-state index is 12.9. The molecule has 1 aromatic heterocycles. The number of halogens is 1. The summed E-state index contributed by atoms with van der Waals surface area (Å²) in [6, 6.07) is 10.7. The molecule has 0 bridgehead atoms. The molecule has 1 aliphatic heterocycles. The monoisotopic (exact) mass is 289 g/mol. The van der Waals surface area contributed by atoms with Gasteiger partial charge in [0.2, 0.25) is 0 Å². The van der Waals surface area contributed by atoms with E-state index in [2.05, 4.69) is 40.0 Å². The SMILES string of the molecule is C[C@H]1c2cccn2CCN1C(=S)Nc1ccc(F)cc1. The van der Waals surface area contributed by atoms with Crippen LogP contribution in [0, 0.1) is 5.82 Å². The maximum Gasteiger partial charge on any atom is 0.174 e. The summed E-state index contributed by atoms with van der Waals surface area (Å²) in [6.07, 6.45) is 2.10. The van der Waals surface area contributed by atoms with E-state index in [1.165, 1.54) is 17.8 Å². The van der Waals surface area contributed by atoms with E-state index < -0.39 is 0 Å². The highest BCUT2D eigenvalue weighted by molar-refractivity contribution is 7.80. The lowest BCUT2D eigenvalue weighted by atomic mass is 10.1. The van der Waals surface area contributed by atoms with Gasteiger partial charge in [0.1, 0.15) is 5.82 Å². The Bertz CT molecular complexity index is 620. The molecule has 20 heavy (non-hydrogen) atoms. The van der Waals surface area contributed by atoms with Crippen LogP contribution in [0.5, 0.6) is 0 Å². The molecule has 0 unspecified atom stereocenters. The molecule has 1 aliphatic rings. The first kappa shape index (κ1) is 13.1. The van der Waals surface area contributed by atoms with Crippen LogP contribution in [-0.4, -0.2) is 21.1 Å². The Balaban J connectivity index is 1.73. The largest absolute Gasteiger partial charge is 0.348 e. The van der Waals surface area contributed by atoms with Crippen LogP contribution in [0.1, 0.15) is 18.7 Å². The number of hydrogen-bond donors (Lipinski definition) is 1. The van der Waals surface area contributed by atoms with Crippen molar-refractivity contribution in [3.8, 4) is 0 Å². The van der Waals surface area contributed by atoms with Gasteiger partial charge >= 0.3 is 0 Å². The fraction of sp³-hybridized carbons (Fsp3) is 0.267. The van der Waals surface area contributed by atoms with Crippen LogP contribution in [-0.2, 0) is 6.54 Å². The predicted molar refractivity (Wildman–Crippen MR) is 82.2 cm³/mol. The number of benzene rings is 1. The van der Waals surface area contributed by atoms with Crippen LogP contribution in [0.2, 0.25) is 0 Å². The van der Waals surface area contributed by atoms with E-state index in [1.807, 2.05) is 0 Å². The smallest absolute Gasteiger partial charge is 0.174 e. The van der Waals surface area contributed by atoms with Crippen molar-refractivity contribution < 1.29 is 4.39 Å². The fourth-order valence-corrected chi connectivity index (χ4v) is 2.95. The molecular formula is C15H16FN3S. The summed E-state index contributed by atoms with van der Waals surface area (Å²) in [6.45, 7) is 3.94. The van der Waals surface area contributed by atoms with Gasteiger partial charge in [0.25, 0.3) is 0 Å². The van der Waals surface area contributed by atoms with Crippen LogP contribution in [0.15, 0.2) is 42.6 Å². The first-order valence-electron chi connectivity index (χ1n) is 6.63. The summed E-state index contributed by atoms with van der Waals surface area (Å²) in [5.41, 5.74) is 2.07. The molecule has 0 radical (unpaired) electrons. The first-order chi connectivity index (χ1) is 9.65. The molecule has 3 nitrogen and oxygen atoms in total. The molecule has 0 spiro atoms. The summed E-state index contributed by atoms with van der Waals surface area (Å²) in [4.78, 5) is 2.16. The Kier molecular flexibility index (Phi) is 3.44. The molecule has 0 saturated carbocycles. The van der Waals surface area contributed by atoms with Gasteiger partial charge in [-0.25, -0.2) is 4.39 Å². The zero-order valence-corrected chi connectivity index (χ0v) is 12.0. The highest BCUT2D eigenvalue weighted by Crippen LogP contribution is 2.26. The quantitative estimate of drug-likeness (QED) is 0.813. The summed E-state index contributed by atoms with van der Waals surface area (Å²) in [7, 11) is 0. The van der Waals surface area contributed by atoms with Gasteiger partial charge in [-0.3, -0.25) is 0 Å². The minimum Gasteiger partial charge on any atom is -0.348 e. The molecule has 1 aromatic carbocycles. The Morgan fingerprint density at radius 2 is 2.00 bits per heavy atom. The third kappa shape index (κ3) is 2.41. The zero-order valence-electron chi connectivity index (χ0n) is 11.2. The molecule has 5 heteroatoms. The Labute approximate surface area is 123 Å². The number of fused-ring (bicyclic) bond motifs is 1. The van der Waals surface area contributed by atoms with Gasteiger partial charge in [-0.15, -0.1) is 0 Å². The topological polar surface area (TPSA) is 20.2 Å². The van der Waals surface area contributed by atoms with Gasteiger partial charge in [-0.2, -0.15) is 0 Å². The molecule has 1 N–H and O–H groups in total. The standard InChI is InChI=1S/C15H16FN3S/c1-11-14-3-2-8-18(14)9-10-19(11)15(20)17-13-6-4-12(16)5-7-13/h2-8,11H,9-10H2,1H3,(H,17,20)/t11-/m0/s1. The number of hydrogen-bond acceptors (Lipinski definition) is 1. The van der Waals surface area contributed by atoms with Crippen LogP contribution < -0.4 is 5.32 Å². The van der Waals surface area contributed by atoms with Crippen LogP contribution in [0.25, 0.3) is 0 Å². The fourth-order valence-electron chi connectivity index (χ4n) is 2.58. The van der Waals surface area contributed by atoms with E-state index in [0.717, 1.165) is 18.8 Å². The highest BCUT2D eigenvalue weighted by Gasteiger charge is 2.25. The van der Waals surface area contributed by atoms with Crippen LogP contribution in [0.3, 0.4) is 0 Å². The Hall–Kier alpha value is -1.88. The summed E-state index contributed by atoms with van der Waals surface area (Å²) >= 11 is 5.48. The van der Waals surface area contributed by atoms with Crippen molar-refractivity contribution in [3.05, 3.63) is 54.1 Å². The van der Waals surface area contributed by atoms with E-state index in [0.29, 0.717) is 5.11 Å². The molecular weight excluding hydrogens is 273 g/mol. The van der Waals surface area contributed by atoms with Gasteiger partial charge in [0, 0.05) is 30.7 Å². The first-order valence-corrected chi connectivity index (χ1v) is 7.04. The molecule has 2 aromatic rings. The van der Waals surface area contributed by atoms with Crippen molar-refractivity contribution in [2.75, 3.05) is 11.9 Å². The average Bonchev–Trinajstić information content (AvgIpc) is 2.91. The molecule has 104 valence electrons. The predicted octanol–water partition coefficient (Wildman–Crippen LogP) is 3.40. The van der Waals surface area contributed by atoms with Gasteiger partial charge < -0.3 is 14.8 Å². The molecule has 0 amide bonds. The minimum atomic E-state index is -0.245. The third-order valence-corrected chi connectivity index (χ3v) is 4.03. The number of thiocarbonyl (C=S) groups is 1. The Morgan fingerprint density at radius 3 is 2.75 bits per heavy atom. The lowest BCUT2D eigenvalue weighted by Gasteiger charge is -2.36. The van der Waals surface area contributed by atoms with Crippen molar-refractivity contribution in [1.29, 1.82) is 0 Å². The van der Waals surface area contributed by atoms with Crippen molar-refractivity contribution in [2.24, 2.45) is 0 Å². The molecule has 1 atom stereocenters. The van der Waals surface area contributed by atoms with Crippen molar-refractivity contribution in [2.45, 2.75) is 19.5 Å². The Morgan fingerprint density at radius 1 is 1.25 bits per heavy atom. The van der Waals surface area contributed by atoms with Gasteiger partial charge in [-0.05, 0) is 55.5 Å². The minimum absolute atomic E-state index is 0.235. The van der Waals surface area contributed by atoms with E-state index in [1.54, 1.807) is 12.1 Å². The summed E-state index contributed by atoms with van der Waals surface area (Å²) < 4.78 is 15.1. The normalized spacial score (nSPS) is 17.7. The summed E-state index contributed by atoms with van der Waals surface area (Å²) in [5, 5.41) is 3.85. The van der Waals surface area contributed by atoms with E-state index >= 15 is 0 Å². The third-order valence-electron chi connectivity index (χ3n) is 3.70. The number of nitrogens with one attached hydrogen (secondary N) is 1. The number of anilines is 1. The van der Waals surface area contributed by atoms with E-state index in [-0.39, 0.29) is 11.9 Å². The lowest BCUT2D eigenvalue weighted by molar-refractivity contribution is 0.276. The maximum atomic E-state index is 12.9. The van der Waals surface area contributed by atoms with E-state index in [9.17, 15) is 4.39 Å².